The third kappa shape index (κ3) is 4.12. The molecule has 90 valence electrons. The summed E-state index contributed by atoms with van der Waals surface area (Å²) in [6.07, 6.45) is 2.05. The van der Waals surface area contributed by atoms with Gasteiger partial charge in [-0.05, 0) is 6.42 Å². The van der Waals surface area contributed by atoms with Gasteiger partial charge < -0.3 is 10.1 Å². The van der Waals surface area contributed by atoms with E-state index in [0.29, 0.717) is 22.6 Å². The fraction of sp³-hybridized carbons (Fsp3) is 0.600. The first-order valence-corrected chi connectivity index (χ1v) is 5.87. The first-order valence-electron chi connectivity index (χ1n) is 5.11. The van der Waals surface area contributed by atoms with Gasteiger partial charge in [-0.1, -0.05) is 36.5 Å². The van der Waals surface area contributed by atoms with Gasteiger partial charge in [0.1, 0.15) is 0 Å². The van der Waals surface area contributed by atoms with Crippen LogP contribution >= 0.6 is 23.2 Å². The molecule has 1 rings (SSSR count). The topological polar surface area (TPSA) is 47.0 Å². The van der Waals surface area contributed by atoms with Gasteiger partial charge in [0.15, 0.2) is 10.3 Å². The predicted octanol–water partition coefficient (Wildman–Crippen LogP) is 3.01. The molecule has 16 heavy (non-hydrogen) atoms. The Morgan fingerprint density at radius 3 is 2.81 bits per heavy atom. The van der Waals surface area contributed by atoms with E-state index in [1.165, 1.54) is 0 Å². The Labute approximate surface area is 105 Å². The van der Waals surface area contributed by atoms with Crippen molar-refractivity contribution in [2.45, 2.75) is 25.8 Å². The summed E-state index contributed by atoms with van der Waals surface area (Å²) in [6, 6.07) is 1.86. The van der Waals surface area contributed by atoms with Crippen molar-refractivity contribution in [1.29, 1.82) is 0 Å². The fourth-order valence-corrected chi connectivity index (χ4v) is 1.71. The molecule has 0 spiro atoms. The minimum Gasteiger partial charge on any atom is -0.383 e. The van der Waals surface area contributed by atoms with Gasteiger partial charge in [0.25, 0.3) is 0 Å². The van der Waals surface area contributed by atoms with Gasteiger partial charge in [-0.2, -0.15) is 0 Å². The summed E-state index contributed by atoms with van der Waals surface area (Å²) in [5, 5.41) is 11.3. The van der Waals surface area contributed by atoms with Crippen molar-refractivity contribution >= 4 is 28.9 Å². The molecule has 1 N–H and O–H groups in total. The third-order valence-corrected chi connectivity index (χ3v) is 2.55. The van der Waals surface area contributed by atoms with E-state index in [1.807, 2.05) is 0 Å². The molecule has 1 atom stereocenters. The quantitative estimate of drug-likeness (QED) is 0.857. The maximum absolute atomic E-state index is 5.91. The molecule has 0 aromatic carbocycles. The zero-order valence-electron chi connectivity index (χ0n) is 9.33. The highest BCUT2D eigenvalue weighted by atomic mass is 35.5. The molecule has 0 aliphatic rings. The summed E-state index contributed by atoms with van der Waals surface area (Å²) in [7, 11) is 1.67. The van der Waals surface area contributed by atoms with Gasteiger partial charge in [-0.15, -0.1) is 10.2 Å². The lowest BCUT2D eigenvalue weighted by Crippen LogP contribution is -2.25. The van der Waals surface area contributed by atoms with Crippen LogP contribution in [-0.4, -0.2) is 30.0 Å². The van der Waals surface area contributed by atoms with Gasteiger partial charge in [-0.25, -0.2) is 0 Å². The van der Waals surface area contributed by atoms with Gasteiger partial charge >= 0.3 is 0 Å². The van der Waals surface area contributed by atoms with Crippen molar-refractivity contribution in [3.63, 3.8) is 0 Å². The molecule has 0 bridgehead atoms. The Kier molecular flexibility index (Phi) is 5.80. The molecule has 6 heteroatoms. The van der Waals surface area contributed by atoms with Crippen LogP contribution in [0.4, 0.5) is 5.69 Å². The van der Waals surface area contributed by atoms with Crippen molar-refractivity contribution in [3.8, 4) is 0 Å². The molecule has 0 saturated heterocycles. The molecule has 1 unspecified atom stereocenters. The van der Waals surface area contributed by atoms with E-state index < -0.39 is 0 Å². The normalized spacial score (nSPS) is 12.5. The number of nitrogens with zero attached hydrogens (tertiary/aromatic N) is 2. The zero-order chi connectivity index (χ0) is 12.0. The minimum atomic E-state index is 0.202. The number of aromatic nitrogens is 2. The minimum absolute atomic E-state index is 0.202. The summed E-state index contributed by atoms with van der Waals surface area (Å²) in [6.45, 7) is 2.73. The lowest BCUT2D eigenvalue weighted by Gasteiger charge is -2.18. The molecule has 1 heterocycles. The fourth-order valence-electron chi connectivity index (χ4n) is 1.42. The zero-order valence-corrected chi connectivity index (χ0v) is 10.8. The predicted molar refractivity (Wildman–Crippen MR) is 66.2 cm³/mol. The Balaban J connectivity index is 2.71. The molecule has 0 aliphatic heterocycles. The van der Waals surface area contributed by atoms with Gasteiger partial charge in [-0.3, -0.25) is 0 Å². The van der Waals surface area contributed by atoms with E-state index in [2.05, 4.69) is 22.4 Å². The van der Waals surface area contributed by atoms with E-state index in [4.69, 9.17) is 27.9 Å². The van der Waals surface area contributed by atoms with Crippen molar-refractivity contribution in [1.82, 2.24) is 10.2 Å². The maximum atomic E-state index is 5.91. The second-order valence-corrected chi connectivity index (χ2v) is 4.20. The average Bonchev–Trinajstić information content (AvgIpc) is 2.24. The molecule has 0 saturated carbocycles. The third-order valence-electron chi connectivity index (χ3n) is 2.08. The molecule has 1 aromatic rings. The smallest absolute Gasteiger partial charge is 0.174 e. The highest BCUT2D eigenvalue weighted by Crippen LogP contribution is 2.22. The highest BCUT2D eigenvalue weighted by Gasteiger charge is 2.11. The van der Waals surface area contributed by atoms with Gasteiger partial charge in [0, 0.05) is 19.2 Å². The summed E-state index contributed by atoms with van der Waals surface area (Å²) < 4.78 is 5.12. The number of rotatable bonds is 6. The van der Waals surface area contributed by atoms with Crippen LogP contribution in [0.1, 0.15) is 19.8 Å². The van der Waals surface area contributed by atoms with Crippen LogP contribution < -0.4 is 5.32 Å². The SMILES string of the molecule is CCCC(COC)Nc1cc(Cl)nnc1Cl. The Morgan fingerprint density at radius 1 is 1.44 bits per heavy atom. The van der Waals surface area contributed by atoms with Crippen molar-refractivity contribution in [2.24, 2.45) is 0 Å². The Bertz CT molecular complexity index is 330. The summed E-state index contributed by atoms with van der Waals surface area (Å²) >= 11 is 11.7. The number of hydrogen-bond donors (Lipinski definition) is 1. The first-order chi connectivity index (χ1) is 7.67. The monoisotopic (exact) mass is 263 g/mol. The molecular formula is C10H15Cl2N3O. The van der Waals surface area contributed by atoms with Gasteiger partial charge in [0.2, 0.25) is 0 Å². The summed E-state index contributed by atoms with van der Waals surface area (Å²) in [5.74, 6) is 0. The largest absolute Gasteiger partial charge is 0.383 e. The van der Waals surface area contributed by atoms with E-state index in [-0.39, 0.29) is 6.04 Å². The van der Waals surface area contributed by atoms with Crippen molar-refractivity contribution in [2.75, 3.05) is 19.0 Å². The van der Waals surface area contributed by atoms with Crippen LogP contribution in [0, 0.1) is 0 Å². The Morgan fingerprint density at radius 2 is 2.19 bits per heavy atom. The molecule has 0 aliphatic carbocycles. The molecule has 0 radical (unpaired) electrons. The molecular weight excluding hydrogens is 249 g/mol. The second kappa shape index (κ2) is 6.89. The number of ether oxygens (including phenoxy) is 1. The van der Waals surface area contributed by atoms with E-state index >= 15 is 0 Å². The van der Waals surface area contributed by atoms with Crippen LogP contribution in [0.15, 0.2) is 6.07 Å². The molecule has 4 nitrogen and oxygen atoms in total. The van der Waals surface area contributed by atoms with Crippen LogP contribution in [0.3, 0.4) is 0 Å². The molecule has 0 fully saturated rings. The number of halogens is 2. The maximum Gasteiger partial charge on any atom is 0.174 e. The van der Waals surface area contributed by atoms with Crippen LogP contribution in [0.2, 0.25) is 10.3 Å². The number of nitrogens with one attached hydrogen (secondary N) is 1. The number of anilines is 1. The highest BCUT2D eigenvalue weighted by molar-refractivity contribution is 6.33. The lowest BCUT2D eigenvalue weighted by molar-refractivity contribution is 0.182. The van der Waals surface area contributed by atoms with Crippen LogP contribution in [-0.2, 0) is 4.74 Å². The van der Waals surface area contributed by atoms with E-state index in [0.717, 1.165) is 12.8 Å². The first kappa shape index (κ1) is 13.5. The average molecular weight is 264 g/mol. The molecule has 0 amide bonds. The molecule has 1 aromatic heterocycles. The van der Waals surface area contributed by atoms with Crippen LogP contribution in [0.5, 0.6) is 0 Å². The van der Waals surface area contributed by atoms with Crippen LogP contribution in [0.25, 0.3) is 0 Å². The van der Waals surface area contributed by atoms with E-state index in [9.17, 15) is 0 Å². The lowest BCUT2D eigenvalue weighted by atomic mass is 10.2. The van der Waals surface area contributed by atoms with Gasteiger partial charge in [0.05, 0.1) is 12.3 Å². The second-order valence-electron chi connectivity index (χ2n) is 3.46. The number of methoxy groups -OCH3 is 1. The van der Waals surface area contributed by atoms with E-state index in [1.54, 1.807) is 13.2 Å². The number of hydrogen-bond acceptors (Lipinski definition) is 4. The van der Waals surface area contributed by atoms with Crippen molar-refractivity contribution in [3.05, 3.63) is 16.4 Å². The summed E-state index contributed by atoms with van der Waals surface area (Å²) in [5.41, 5.74) is 0.692. The standard InChI is InChI=1S/C10H15Cl2N3O/c1-3-4-7(6-16-2)13-8-5-9(11)14-15-10(8)12/h5,7H,3-4,6H2,1-2H3,(H,13,14). The van der Waals surface area contributed by atoms with Crippen molar-refractivity contribution < 1.29 is 4.74 Å². The summed E-state index contributed by atoms with van der Waals surface area (Å²) in [4.78, 5) is 0. The Hall–Kier alpha value is -0.580.